The van der Waals surface area contributed by atoms with Crippen molar-refractivity contribution in [2.24, 2.45) is 17.8 Å². The van der Waals surface area contributed by atoms with Gasteiger partial charge in [0.2, 0.25) is 11.8 Å². The average Bonchev–Trinajstić information content (AvgIpc) is 4.14. The number of nitrogens with zero attached hydrogens (tertiary/aromatic N) is 4. The number of likely N-dealkylation sites (tertiary alicyclic amines) is 1. The van der Waals surface area contributed by atoms with Gasteiger partial charge in [0.1, 0.15) is 23.7 Å². The van der Waals surface area contributed by atoms with Crippen molar-refractivity contribution in [3.63, 3.8) is 0 Å². The van der Waals surface area contributed by atoms with Crippen molar-refractivity contribution in [3.05, 3.63) is 96.2 Å². The van der Waals surface area contributed by atoms with Crippen LogP contribution >= 0.6 is 0 Å². The Morgan fingerprint density at radius 3 is 2.17 bits per heavy atom. The molecule has 0 unspecified atom stereocenters. The number of carbonyl (C=O) groups excluding carboxylic acids is 4. The van der Waals surface area contributed by atoms with E-state index < -0.39 is 30.2 Å². The lowest BCUT2D eigenvalue weighted by Gasteiger charge is -2.37. The predicted octanol–water partition coefficient (Wildman–Crippen LogP) is 8.46. The number of rotatable bonds is 14. The summed E-state index contributed by atoms with van der Waals surface area (Å²) in [6.07, 6.45) is 5.10. The monoisotopic (exact) mass is 876 g/mol. The van der Waals surface area contributed by atoms with E-state index in [-0.39, 0.29) is 59.3 Å². The Labute approximate surface area is 370 Å². The van der Waals surface area contributed by atoms with Crippen LogP contribution in [-0.4, -0.2) is 92.6 Å². The number of carbonyl (C=O) groups is 4. The zero-order valence-corrected chi connectivity index (χ0v) is 36.8. The van der Waals surface area contributed by atoms with E-state index in [0.717, 1.165) is 30.3 Å². The van der Waals surface area contributed by atoms with Crippen molar-refractivity contribution < 1.29 is 37.4 Å². The van der Waals surface area contributed by atoms with Crippen LogP contribution in [0.4, 0.5) is 18.4 Å². The Morgan fingerprint density at radius 2 is 1.52 bits per heavy atom. The third-order valence-corrected chi connectivity index (χ3v) is 12.9. The molecule has 0 spiro atoms. The molecular weight excluding hydrogens is 823 g/mol. The average molecular weight is 877 g/mol. The molecule has 3 heterocycles. The lowest BCUT2D eigenvalue weighted by Crippen LogP contribution is -2.54. The molecule has 14 nitrogen and oxygen atoms in total. The second kappa shape index (κ2) is 17.5. The zero-order chi connectivity index (χ0) is 45.6. The number of methoxy groups -OCH3 is 2. The minimum atomic E-state index is -3.30. The molecule has 64 heavy (non-hydrogen) atoms. The van der Waals surface area contributed by atoms with E-state index in [2.05, 4.69) is 32.2 Å². The van der Waals surface area contributed by atoms with Crippen molar-refractivity contribution in [2.75, 3.05) is 20.8 Å². The SMILES string of the molecule is C=CCCN(Cc1ncc(-c2ccc3c(c2)C(F)(F)c2cc(-c4ccc5nc([C@@H]6[C@H]7CC[C@H](C7)N6C(=O)[C@@H](NC(=O)OC)C(C)C)[nH]c5c4)ccc2-3)[nH]1)C(=O)[C@@H](NC(=O)OC)C(C)C. The maximum absolute atomic E-state index is 16.6. The third-order valence-electron chi connectivity index (χ3n) is 12.9. The number of nitrogens with one attached hydrogen (secondary N) is 4. The summed E-state index contributed by atoms with van der Waals surface area (Å²) < 4.78 is 42.7. The first kappa shape index (κ1) is 44.0. The molecule has 2 aliphatic carbocycles. The lowest BCUT2D eigenvalue weighted by molar-refractivity contribution is -0.139. The highest BCUT2D eigenvalue weighted by molar-refractivity contribution is 5.89. The number of ether oxygens (including phenoxy) is 2. The molecule has 2 fully saturated rings. The number of amides is 4. The number of imidazole rings is 2. The molecule has 3 aromatic carbocycles. The Balaban J connectivity index is 1.02. The third kappa shape index (κ3) is 8.09. The molecule has 5 atom stereocenters. The van der Waals surface area contributed by atoms with Crippen LogP contribution in [0.5, 0.6) is 0 Å². The maximum atomic E-state index is 16.6. The van der Waals surface area contributed by atoms with E-state index in [1.165, 1.54) is 20.3 Å². The number of aromatic nitrogens is 4. The van der Waals surface area contributed by atoms with Crippen LogP contribution in [0.25, 0.3) is 44.5 Å². The first-order valence-electron chi connectivity index (χ1n) is 21.8. The smallest absolute Gasteiger partial charge is 0.407 e. The standard InChI is InChI=1S/C48H54F2N8O6/c1-8-9-18-57(44(59)40(25(2)3)55-46(61)63-6)24-39-51-23-38(52-39)29-12-16-33-32-15-11-27(20-34(32)48(49,50)35(33)21-29)28-13-17-36-37(22-28)54-43(53-36)42-30-10-14-31(19-30)58(42)45(60)41(26(4)5)56-47(62)64-7/h8,11-13,15-17,20-23,25-26,30-31,40-42H,1,9-10,14,18-19,24H2,2-7H3,(H,51,52)(H,53,54)(H,55,61)(H,56,62)/t30-,31+,40-,41-,42-/m0/s1. The van der Waals surface area contributed by atoms with Crippen LogP contribution in [0.15, 0.2) is 73.4 Å². The van der Waals surface area contributed by atoms with Gasteiger partial charge in [0.25, 0.3) is 5.92 Å². The van der Waals surface area contributed by atoms with Gasteiger partial charge >= 0.3 is 12.2 Å². The van der Waals surface area contributed by atoms with Crippen molar-refractivity contribution >= 4 is 35.0 Å². The molecule has 1 saturated heterocycles. The van der Waals surface area contributed by atoms with Crippen LogP contribution in [-0.2, 0) is 31.5 Å². The first-order valence-corrected chi connectivity index (χ1v) is 21.8. The minimum Gasteiger partial charge on any atom is -0.453 e. The van der Waals surface area contributed by atoms with Crippen molar-refractivity contribution in [2.45, 2.75) is 90.0 Å². The molecule has 4 amide bonds. The van der Waals surface area contributed by atoms with Gasteiger partial charge < -0.3 is 39.9 Å². The molecule has 5 aromatic rings. The number of piperidine rings is 1. The van der Waals surface area contributed by atoms with Gasteiger partial charge in [0.05, 0.1) is 49.7 Å². The molecule has 1 aliphatic heterocycles. The van der Waals surface area contributed by atoms with Crippen LogP contribution < -0.4 is 10.6 Å². The quantitative estimate of drug-likeness (QED) is 0.0804. The van der Waals surface area contributed by atoms with Crippen LogP contribution in [0.3, 0.4) is 0 Å². The van der Waals surface area contributed by atoms with E-state index >= 15 is 8.78 Å². The molecule has 2 bridgehead atoms. The van der Waals surface area contributed by atoms with Crippen LogP contribution in [0, 0.1) is 17.8 Å². The summed E-state index contributed by atoms with van der Waals surface area (Å²) in [5, 5.41) is 5.35. The Morgan fingerprint density at radius 1 is 0.891 bits per heavy atom. The number of hydrogen-bond donors (Lipinski definition) is 4. The molecule has 3 aliphatic rings. The number of fused-ring (bicyclic) bond motifs is 6. The van der Waals surface area contributed by atoms with Gasteiger partial charge in [-0.3, -0.25) is 9.59 Å². The molecule has 16 heteroatoms. The van der Waals surface area contributed by atoms with Crippen molar-refractivity contribution in [1.29, 1.82) is 0 Å². The summed E-state index contributed by atoms with van der Waals surface area (Å²) in [4.78, 5) is 71.5. The number of alkyl carbamates (subject to hydrolysis) is 2. The van der Waals surface area contributed by atoms with Crippen LogP contribution in [0.2, 0.25) is 0 Å². The number of benzene rings is 3. The minimum absolute atomic E-state index is 0.0414. The van der Waals surface area contributed by atoms with E-state index in [1.807, 2.05) is 56.9 Å². The second-order valence-electron chi connectivity index (χ2n) is 17.7. The van der Waals surface area contributed by atoms with Gasteiger partial charge in [-0.2, -0.15) is 8.78 Å². The second-order valence-corrected chi connectivity index (χ2v) is 17.7. The lowest BCUT2D eigenvalue weighted by atomic mass is 9.95. The number of aromatic amines is 2. The fourth-order valence-electron chi connectivity index (χ4n) is 9.62. The van der Waals surface area contributed by atoms with E-state index in [4.69, 9.17) is 14.5 Å². The van der Waals surface area contributed by atoms with E-state index in [1.54, 1.807) is 41.4 Å². The highest BCUT2D eigenvalue weighted by Crippen LogP contribution is 2.53. The fourth-order valence-corrected chi connectivity index (χ4v) is 9.62. The summed E-state index contributed by atoms with van der Waals surface area (Å²) >= 11 is 0. The van der Waals surface area contributed by atoms with Gasteiger partial charge in [-0.25, -0.2) is 19.6 Å². The maximum Gasteiger partial charge on any atom is 0.407 e. The predicted molar refractivity (Wildman–Crippen MR) is 237 cm³/mol. The molecule has 0 radical (unpaired) electrons. The topological polar surface area (TPSA) is 175 Å². The Bertz CT molecular complexity index is 2620. The van der Waals surface area contributed by atoms with Crippen molar-refractivity contribution in [3.8, 4) is 33.5 Å². The van der Waals surface area contributed by atoms with E-state index in [0.29, 0.717) is 58.1 Å². The summed E-state index contributed by atoms with van der Waals surface area (Å²) in [6, 6.07) is 13.9. The highest BCUT2D eigenvalue weighted by atomic mass is 19.3. The van der Waals surface area contributed by atoms with Gasteiger partial charge in [0.15, 0.2) is 0 Å². The summed E-state index contributed by atoms with van der Waals surface area (Å²) in [6.45, 7) is 11.6. The molecule has 8 rings (SSSR count). The fraction of sp³-hybridized carbons (Fsp3) is 0.417. The number of halogens is 2. The van der Waals surface area contributed by atoms with Gasteiger partial charge in [-0.05, 0) is 90.0 Å². The normalized spacial score (nSPS) is 19.0. The number of hydrogen-bond acceptors (Lipinski definition) is 8. The summed E-state index contributed by atoms with van der Waals surface area (Å²) in [5.41, 5.74) is 4.46. The molecule has 2 aromatic heterocycles. The zero-order valence-electron chi connectivity index (χ0n) is 36.8. The Hall–Kier alpha value is -6.58. The van der Waals surface area contributed by atoms with Crippen molar-refractivity contribution in [1.82, 2.24) is 40.4 Å². The number of alkyl halides is 2. The highest BCUT2D eigenvalue weighted by Gasteiger charge is 2.52. The molecule has 1 saturated carbocycles. The van der Waals surface area contributed by atoms with Gasteiger partial charge in [-0.1, -0.05) is 64.1 Å². The molecular formula is C48H54F2N8O6. The molecule has 4 N–H and O–H groups in total. The number of H-pyrrole nitrogens is 2. The van der Waals surface area contributed by atoms with E-state index in [9.17, 15) is 19.2 Å². The Kier molecular flexibility index (Phi) is 12.1. The summed E-state index contributed by atoms with van der Waals surface area (Å²) in [7, 11) is 2.51. The first-order chi connectivity index (χ1) is 30.6. The largest absolute Gasteiger partial charge is 0.453 e. The van der Waals surface area contributed by atoms with Gasteiger partial charge in [0, 0.05) is 29.3 Å². The molecule has 336 valence electrons. The van der Waals surface area contributed by atoms with Gasteiger partial charge in [-0.15, -0.1) is 6.58 Å². The summed E-state index contributed by atoms with van der Waals surface area (Å²) in [5.74, 6) is -2.84. The van der Waals surface area contributed by atoms with Crippen LogP contribution in [0.1, 0.15) is 82.2 Å².